The summed E-state index contributed by atoms with van der Waals surface area (Å²) >= 11 is 0. The molecule has 114 valence electrons. The summed E-state index contributed by atoms with van der Waals surface area (Å²) in [6.07, 6.45) is 5.03. The Bertz CT molecular complexity index is 428. The molecule has 6 heteroatoms. The molecule has 1 aromatic heterocycles. The molecule has 1 aliphatic carbocycles. The number of nitrogens with two attached hydrogens (primary N) is 1. The minimum Gasteiger partial charge on any atom is -0.361 e. The van der Waals surface area contributed by atoms with Crippen LogP contribution in [0, 0.1) is 19.8 Å². The molecule has 1 fully saturated rings. The van der Waals surface area contributed by atoms with E-state index in [1.807, 2.05) is 13.8 Å². The van der Waals surface area contributed by atoms with Gasteiger partial charge in [-0.25, -0.2) is 0 Å². The van der Waals surface area contributed by atoms with Gasteiger partial charge in [0.2, 0.25) is 5.91 Å². The van der Waals surface area contributed by atoms with E-state index in [0.29, 0.717) is 18.9 Å². The van der Waals surface area contributed by atoms with Crippen molar-refractivity contribution >= 4 is 18.3 Å². The van der Waals surface area contributed by atoms with E-state index in [4.69, 9.17) is 10.3 Å². The van der Waals surface area contributed by atoms with E-state index in [0.717, 1.165) is 29.9 Å². The predicted octanol–water partition coefficient (Wildman–Crippen LogP) is 2.24. The molecule has 2 rings (SSSR count). The van der Waals surface area contributed by atoms with Gasteiger partial charge in [-0.3, -0.25) is 4.79 Å². The molecular weight excluding hydrogens is 278 g/mol. The monoisotopic (exact) mass is 301 g/mol. The fraction of sp³-hybridized carbons (Fsp3) is 0.714. The second kappa shape index (κ2) is 7.64. The first kappa shape index (κ1) is 17.0. The second-order valence-corrected chi connectivity index (χ2v) is 5.49. The third-order valence-corrected chi connectivity index (χ3v) is 4.06. The van der Waals surface area contributed by atoms with Crippen molar-refractivity contribution in [2.24, 2.45) is 11.7 Å². The van der Waals surface area contributed by atoms with Crippen LogP contribution in [0.1, 0.15) is 49.1 Å². The van der Waals surface area contributed by atoms with E-state index in [2.05, 4.69) is 10.5 Å². The van der Waals surface area contributed by atoms with Crippen molar-refractivity contribution in [1.82, 2.24) is 10.5 Å². The molecule has 1 amide bonds. The average Bonchev–Trinajstić information content (AvgIpc) is 2.70. The summed E-state index contributed by atoms with van der Waals surface area (Å²) < 4.78 is 5.07. The van der Waals surface area contributed by atoms with Crippen LogP contribution in [-0.4, -0.2) is 17.1 Å². The number of amides is 1. The number of nitrogens with one attached hydrogen (secondary N) is 1. The van der Waals surface area contributed by atoms with Crippen molar-refractivity contribution in [2.45, 2.75) is 58.5 Å². The van der Waals surface area contributed by atoms with Gasteiger partial charge in [-0.1, -0.05) is 18.0 Å². The third kappa shape index (κ3) is 4.21. The Labute approximate surface area is 126 Å². The second-order valence-electron chi connectivity index (χ2n) is 5.49. The van der Waals surface area contributed by atoms with Crippen molar-refractivity contribution in [3.8, 4) is 0 Å². The van der Waals surface area contributed by atoms with Gasteiger partial charge in [-0.2, -0.15) is 0 Å². The van der Waals surface area contributed by atoms with E-state index in [1.54, 1.807) is 0 Å². The van der Waals surface area contributed by atoms with Crippen LogP contribution in [0.4, 0.5) is 0 Å². The summed E-state index contributed by atoms with van der Waals surface area (Å²) in [4.78, 5) is 12.0. The Morgan fingerprint density at radius 3 is 2.70 bits per heavy atom. The van der Waals surface area contributed by atoms with Crippen LogP contribution in [0.3, 0.4) is 0 Å². The van der Waals surface area contributed by atoms with E-state index >= 15 is 0 Å². The number of aryl methyl sites for hydroxylation is 2. The summed E-state index contributed by atoms with van der Waals surface area (Å²) in [5, 5.41) is 6.82. The van der Waals surface area contributed by atoms with E-state index in [9.17, 15) is 4.79 Å². The Morgan fingerprint density at radius 1 is 1.40 bits per heavy atom. The maximum absolute atomic E-state index is 12.0. The van der Waals surface area contributed by atoms with E-state index < -0.39 is 0 Å². The number of halogens is 1. The quantitative estimate of drug-likeness (QED) is 0.893. The molecule has 0 radical (unpaired) electrons. The zero-order valence-corrected chi connectivity index (χ0v) is 13.0. The highest BCUT2D eigenvalue weighted by Crippen LogP contribution is 2.25. The smallest absolute Gasteiger partial charge is 0.220 e. The normalized spacial score (nSPS) is 22.1. The fourth-order valence-corrected chi connectivity index (χ4v) is 2.74. The largest absolute Gasteiger partial charge is 0.361 e. The number of rotatable bonds is 4. The van der Waals surface area contributed by atoms with E-state index in [-0.39, 0.29) is 24.4 Å². The van der Waals surface area contributed by atoms with Crippen LogP contribution < -0.4 is 11.1 Å². The standard InChI is InChI=1S/C14H23N3O2.ClH/c1-9-12(10(2)19-17-9)8-16-14(18)7-11-5-3-4-6-13(11)15;/h11,13H,3-8,15H2,1-2H3,(H,16,18);1H. The van der Waals surface area contributed by atoms with Crippen molar-refractivity contribution < 1.29 is 9.32 Å². The van der Waals surface area contributed by atoms with Crippen LogP contribution in [0.15, 0.2) is 4.52 Å². The van der Waals surface area contributed by atoms with Crippen molar-refractivity contribution in [3.63, 3.8) is 0 Å². The molecule has 1 heterocycles. The molecule has 0 spiro atoms. The molecule has 20 heavy (non-hydrogen) atoms. The molecule has 0 aliphatic heterocycles. The highest BCUT2D eigenvalue weighted by Gasteiger charge is 2.24. The van der Waals surface area contributed by atoms with Crippen LogP contribution in [0.2, 0.25) is 0 Å². The highest BCUT2D eigenvalue weighted by molar-refractivity contribution is 5.85. The number of nitrogens with zero attached hydrogens (tertiary/aromatic N) is 1. The number of carbonyl (C=O) groups excluding carboxylic acids is 1. The first-order valence-electron chi connectivity index (χ1n) is 7.02. The molecule has 1 aliphatic rings. The molecular formula is C14H24ClN3O2. The minimum atomic E-state index is 0. The molecule has 2 unspecified atom stereocenters. The summed E-state index contributed by atoms with van der Waals surface area (Å²) in [6.45, 7) is 4.23. The number of hydrogen-bond acceptors (Lipinski definition) is 4. The van der Waals surface area contributed by atoms with Crippen molar-refractivity contribution in [1.29, 1.82) is 0 Å². The van der Waals surface area contributed by atoms with Gasteiger partial charge >= 0.3 is 0 Å². The lowest BCUT2D eigenvalue weighted by atomic mass is 9.83. The predicted molar refractivity (Wildman–Crippen MR) is 79.6 cm³/mol. The lowest BCUT2D eigenvalue weighted by Gasteiger charge is -2.27. The zero-order valence-electron chi connectivity index (χ0n) is 12.1. The number of aromatic nitrogens is 1. The maximum Gasteiger partial charge on any atom is 0.220 e. The number of hydrogen-bond donors (Lipinski definition) is 2. The van der Waals surface area contributed by atoms with Crippen LogP contribution >= 0.6 is 12.4 Å². The average molecular weight is 302 g/mol. The lowest BCUT2D eigenvalue weighted by molar-refractivity contribution is -0.122. The van der Waals surface area contributed by atoms with Gasteiger partial charge < -0.3 is 15.6 Å². The minimum absolute atomic E-state index is 0. The fourth-order valence-electron chi connectivity index (χ4n) is 2.74. The Balaban J connectivity index is 0.00000200. The van der Waals surface area contributed by atoms with Crippen molar-refractivity contribution in [3.05, 3.63) is 17.0 Å². The first-order chi connectivity index (χ1) is 9.08. The summed E-state index contributed by atoms with van der Waals surface area (Å²) in [7, 11) is 0. The van der Waals surface area contributed by atoms with Gasteiger partial charge in [0.25, 0.3) is 0 Å². The molecule has 0 bridgehead atoms. The van der Waals surface area contributed by atoms with Crippen LogP contribution in [0.25, 0.3) is 0 Å². The Hall–Kier alpha value is -1.07. The van der Waals surface area contributed by atoms with Gasteiger partial charge in [0.15, 0.2) is 0 Å². The van der Waals surface area contributed by atoms with Gasteiger partial charge in [-0.15, -0.1) is 12.4 Å². The topological polar surface area (TPSA) is 81.2 Å². The highest BCUT2D eigenvalue weighted by atomic mass is 35.5. The third-order valence-electron chi connectivity index (χ3n) is 4.06. The lowest BCUT2D eigenvalue weighted by Crippen LogP contribution is -2.37. The molecule has 5 nitrogen and oxygen atoms in total. The van der Waals surface area contributed by atoms with Crippen LogP contribution in [0.5, 0.6) is 0 Å². The van der Waals surface area contributed by atoms with Gasteiger partial charge in [-0.05, 0) is 32.6 Å². The first-order valence-corrected chi connectivity index (χ1v) is 7.02. The SMILES string of the molecule is Cc1noc(C)c1CNC(=O)CC1CCCCC1N.Cl. The Morgan fingerprint density at radius 2 is 2.10 bits per heavy atom. The molecule has 1 saturated carbocycles. The van der Waals surface area contributed by atoms with Gasteiger partial charge in [0, 0.05) is 24.6 Å². The Kier molecular flexibility index (Phi) is 6.49. The molecule has 0 saturated heterocycles. The van der Waals surface area contributed by atoms with Crippen molar-refractivity contribution in [2.75, 3.05) is 0 Å². The summed E-state index contributed by atoms with van der Waals surface area (Å²) in [6, 6.07) is 0.179. The van der Waals surface area contributed by atoms with Gasteiger partial charge in [0.1, 0.15) is 5.76 Å². The van der Waals surface area contributed by atoms with Crippen LogP contribution in [-0.2, 0) is 11.3 Å². The van der Waals surface area contributed by atoms with Gasteiger partial charge in [0.05, 0.1) is 5.69 Å². The number of carbonyl (C=O) groups is 1. The molecule has 2 atom stereocenters. The molecule has 1 aromatic rings. The maximum atomic E-state index is 12.0. The summed E-state index contributed by atoms with van der Waals surface area (Å²) in [5.74, 6) is 1.17. The summed E-state index contributed by atoms with van der Waals surface area (Å²) in [5.41, 5.74) is 7.87. The molecule has 0 aromatic carbocycles. The molecule has 3 N–H and O–H groups in total. The van der Waals surface area contributed by atoms with E-state index in [1.165, 1.54) is 12.8 Å². The zero-order chi connectivity index (χ0) is 13.8.